The highest BCUT2D eigenvalue weighted by atomic mass is 16.1. The van der Waals surface area contributed by atoms with Crippen LogP contribution in [-0.2, 0) is 0 Å². The molecule has 0 bridgehead atoms. The van der Waals surface area contributed by atoms with E-state index >= 15 is 0 Å². The SMILES string of the molecule is O=C(Nc1nc2ccccc2[nH]1)c1ccc2[nH]ncc2c1. The molecule has 6 heteroatoms. The quantitative estimate of drug-likeness (QED) is 0.526. The Balaban J connectivity index is 1.64. The van der Waals surface area contributed by atoms with E-state index in [1.807, 2.05) is 30.3 Å². The zero-order chi connectivity index (χ0) is 14.2. The van der Waals surface area contributed by atoms with E-state index in [0.717, 1.165) is 21.9 Å². The van der Waals surface area contributed by atoms with Gasteiger partial charge in [-0.25, -0.2) is 4.98 Å². The molecule has 0 aliphatic heterocycles. The van der Waals surface area contributed by atoms with Crippen molar-refractivity contribution >= 4 is 33.8 Å². The Bertz CT molecular complexity index is 920. The van der Waals surface area contributed by atoms with Crippen molar-refractivity contribution in [2.45, 2.75) is 0 Å². The molecule has 0 unspecified atom stereocenters. The Hall–Kier alpha value is -3.15. The number of carbonyl (C=O) groups excluding carboxylic acids is 1. The van der Waals surface area contributed by atoms with Gasteiger partial charge in [0.15, 0.2) is 0 Å². The van der Waals surface area contributed by atoms with Crippen LogP contribution in [0.1, 0.15) is 10.4 Å². The van der Waals surface area contributed by atoms with Gasteiger partial charge >= 0.3 is 0 Å². The first-order valence-corrected chi connectivity index (χ1v) is 6.49. The van der Waals surface area contributed by atoms with Gasteiger partial charge in [-0.15, -0.1) is 0 Å². The van der Waals surface area contributed by atoms with E-state index in [2.05, 4.69) is 25.5 Å². The maximum Gasteiger partial charge on any atom is 0.257 e. The summed E-state index contributed by atoms with van der Waals surface area (Å²) in [6.07, 6.45) is 1.69. The Morgan fingerprint density at radius 1 is 1.10 bits per heavy atom. The average molecular weight is 277 g/mol. The molecule has 2 heterocycles. The number of rotatable bonds is 2. The second-order valence-electron chi connectivity index (χ2n) is 4.73. The molecule has 4 rings (SSSR count). The van der Waals surface area contributed by atoms with Gasteiger partial charge in [0.25, 0.3) is 5.91 Å². The van der Waals surface area contributed by atoms with Crippen LogP contribution in [0.25, 0.3) is 21.9 Å². The van der Waals surface area contributed by atoms with E-state index in [1.54, 1.807) is 18.3 Å². The Labute approximate surface area is 119 Å². The van der Waals surface area contributed by atoms with Crippen molar-refractivity contribution in [1.29, 1.82) is 0 Å². The predicted molar refractivity (Wildman–Crippen MR) is 80.1 cm³/mol. The molecule has 0 spiro atoms. The number of aromatic amines is 2. The van der Waals surface area contributed by atoms with Crippen molar-refractivity contribution in [3.8, 4) is 0 Å². The molecule has 0 fully saturated rings. The summed E-state index contributed by atoms with van der Waals surface area (Å²) < 4.78 is 0. The summed E-state index contributed by atoms with van der Waals surface area (Å²) in [5, 5.41) is 10.5. The first-order chi connectivity index (χ1) is 10.3. The van der Waals surface area contributed by atoms with Crippen LogP contribution >= 0.6 is 0 Å². The third kappa shape index (κ3) is 2.02. The first-order valence-electron chi connectivity index (χ1n) is 6.49. The first kappa shape index (κ1) is 11.7. The van der Waals surface area contributed by atoms with Gasteiger partial charge in [0.2, 0.25) is 5.95 Å². The molecule has 3 N–H and O–H groups in total. The number of nitrogens with zero attached hydrogens (tertiary/aromatic N) is 2. The largest absolute Gasteiger partial charge is 0.324 e. The van der Waals surface area contributed by atoms with E-state index in [9.17, 15) is 4.79 Å². The molecular weight excluding hydrogens is 266 g/mol. The molecule has 0 aliphatic carbocycles. The number of carbonyl (C=O) groups is 1. The topological polar surface area (TPSA) is 86.5 Å². The molecule has 0 saturated carbocycles. The molecule has 21 heavy (non-hydrogen) atoms. The molecule has 1 amide bonds. The average Bonchev–Trinajstić information content (AvgIpc) is 3.11. The summed E-state index contributed by atoms with van der Waals surface area (Å²) in [6.45, 7) is 0. The number of fused-ring (bicyclic) bond motifs is 2. The fourth-order valence-electron chi connectivity index (χ4n) is 2.28. The number of hydrogen-bond donors (Lipinski definition) is 3. The summed E-state index contributed by atoms with van der Waals surface area (Å²) in [7, 11) is 0. The molecular formula is C15H11N5O. The van der Waals surface area contributed by atoms with Crippen LogP contribution in [-0.4, -0.2) is 26.1 Å². The number of para-hydroxylation sites is 2. The van der Waals surface area contributed by atoms with E-state index in [0.29, 0.717) is 11.5 Å². The van der Waals surface area contributed by atoms with E-state index in [-0.39, 0.29) is 5.91 Å². The smallest absolute Gasteiger partial charge is 0.257 e. The highest BCUT2D eigenvalue weighted by molar-refractivity contribution is 6.05. The maximum atomic E-state index is 12.3. The number of benzene rings is 2. The van der Waals surface area contributed by atoms with Crippen molar-refractivity contribution in [1.82, 2.24) is 20.2 Å². The lowest BCUT2D eigenvalue weighted by Crippen LogP contribution is -2.12. The lowest BCUT2D eigenvalue weighted by molar-refractivity contribution is 0.102. The number of aromatic nitrogens is 4. The van der Waals surface area contributed by atoms with Gasteiger partial charge in [-0.05, 0) is 30.3 Å². The zero-order valence-electron chi connectivity index (χ0n) is 10.9. The molecule has 6 nitrogen and oxygen atoms in total. The van der Waals surface area contributed by atoms with Crippen LogP contribution in [0.3, 0.4) is 0 Å². The van der Waals surface area contributed by atoms with Crippen molar-refractivity contribution in [3.05, 3.63) is 54.2 Å². The van der Waals surface area contributed by atoms with Crippen molar-refractivity contribution in [3.63, 3.8) is 0 Å². The summed E-state index contributed by atoms with van der Waals surface area (Å²) in [4.78, 5) is 19.6. The van der Waals surface area contributed by atoms with Crippen LogP contribution in [0, 0.1) is 0 Å². The molecule has 0 atom stereocenters. The molecule has 102 valence electrons. The number of nitrogens with one attached hydrogen (secondary N) is 3. The lowest BCUT2D eigenvalue weighted by Gasteiger charge is -2.01. The predicted octanol–water partition coefficient (Wildman–Crippen LogP) is 2.69. The van der Waals surface area contributed by atoms with Gasteiger partial charge in [0, 0.05) is 10.9 Å². The number of imidazole rings is 1. The monoisotopic (exact) mass is 277 g/mol. The fourth-order valence-corrected chi connectivity index (χ4v) is 2.28. The highest BCUT2D eigenvalue weighted by Gasteiger charge is 2.10. The molecule has 2 aromatic heterocycles. The van der Waals surface area contributed by atoms with Gasteiger partial charge in [-0.3, -0.25) is 15.2 Å². The lowest BCUT2D eigenvalue weighted by atomic mass is 10.1. The summed E-state index contributed by atoms with van der Waals surface area (Å²) in [6, 6.07) is 13.0. The van der Waals surface area contributed by atoms with Crippen molar-refractivity contribution < 1.29 is 4.79 Å². The third-order valence-electron chi connectivity index (χ3n) is 3.32. The second kappa shape index (κ2) is 4.45. The number of amides is 1. The second-order valence-corrected chi connectivity index (χ2v) is 4.73. The van der Waals surface area contributed by atoms with E-state index in [4.69, 9.17) is 0 Å². The van der Waals surface area contributed by atoms with Crippen LogP contribution in [0.2, 0.25) is 0 Å². The standard InChI is InChI=1S/C15H11N5O/c21-14(9-5-6-11-10(7-9)8-16-20-11)19-15-17-12-3-1-2-4-13(12)18-15/h1-8H,(H,16,20)(H2,17,18,19,21). The Morgan fingerprint density at radius 3 is 2.90 bits per heavy atom. The molecule has 0 radical (unpaired) electrons. The zero-order valence-corrected chi connectivity index (χ0v) is 10.9. The number of anilines is 1. The number of H-pyrrole nitrogens is 2. The van der Waals surface area contributed by atoms with Gasteiger partial charge in [0.1, 0.15) is 0 Å². The number of hydrogen-bond acceptors (Lipinski definition) is 3. The normalized spacial score (nSPS) is 11.0. The molecule has 2 aromatic carbocycles. The summed E-state index contributed by atoms with van der Waals surface area (Å²) >= 11 is 0. The molecule has 0 aliphatic rings. The van der Waals surface area contributed by atoms with E-state index in [1.165, 1.54) is 0 Å². The Kier molecular flexibility index (Phi) is 2.47. The fraction of sp³-hybridized carbons (Fsp3) is 0. The maximum absolute atomic E-state index is 12.3. The van der Waals surface area contributed by atoms with Gasteiger partial charge in [0.05, 0.1) is 22.7 Å². The van der Waals surface area contributed by atoms with Crippen LogP contribution in [0.15, 0.2) is 48.7 Å². The van der Waals surface area contributed by atoms with Gasteiger partial charge < -0.3 is 4.98 Å². The van der Waals surface area contributed by atoms with Gasteiger partial charge in [-0.1, -0.05) is 12.1 Å². The third-order valence-corrected chi connectivity index (χ3v) is 3.32. The van der Waals surface area contributed by atoms with Crippen LogP contribution < -0.4 is 5.32 Å². The minimum Gasteiger partial charge on any atom is -0.324 e. The molecule has 0 saturated heterocycles. The minimum atomic E-state index is -0.211. The summed E-state index contributed by atoms with van der Waals surface area (Å²) in [5.74, 6) is 0.227. The Morgan fingerprint density at radius 2 is 2.00 bits per heavy atom. The van der Waals surface area contributed by atoms with Crippen molar-refractivity contribution in [2.75, 3.05) is 5.32 Å². The summed E-state index contributed by atoms with van der Waals surface area (Å²) in [5.41, 5.74) is 3.16. The molecule has 4 aromatic rings. The van der Waals surface area contributed by atoms with Gasteiger partial charge in [-0.2, -0.15) is 5.10 Å². The van der Waals surface area contributed by atoms with Crippen LogP contribution in [0.5, 0.6) is 0 Å². The van der Waals surface area contributed by atoms with Crippen LogP contribution in [0.4, 0.5) is 5.95 Å². The highest BCUT2D eigenvalue weighted by Crippen LogP contribution is 2.16. The van der Waals surface area contributed by atoms with Crippen molar-refractivity contribution in [2.24, 2.45) is 0 Å². The van der Waals surface area contributed by atoms with E-state index < -0.39 is 0 Å². The minimum absolute atomic E-state index is 0.211.